The van der Waals surface area contributed by atoms with Crippen LogP contribution in [0.2, 0.25) is 0 Å². The number of hydrogen-bond acceptors (Lipinski definition) is 6. The number of carbonyl (C=O) groups is 3. The molecule has 0 aliphatic heterocycles. The predicted octanol–water partition coefficient (Wildman–Crippen LogP) is 1.63. The van der Waals surface area contributed by atoms with Crippen LogP contribution >= 0.6 is 0 Å². The van der Waals surface area contributed by atoms with E-state index in [2.05, 4.69) is 0 Å². The molecule has 0 saturated heterocycles. The summed E-state index contributed by atoms with van der Waals surface area (Å²) in [6.07, 6.45) is 3.42. The number of carbonyl (C=O) groups excluding carboxylic acids is 3. The molecule has 0 aromatic heterocycles. The molecule has 2 fully saturated rings. The molecule has 1 N–H and O–H groups in total. The zero-order valence-corrected chi connectivity index (χ0v) is 13.4. The summed E-state index contributed by atoms with van der Waals surface area (Å²) in [5.74, 6) is -0.377. The first-order valence-electron chi connectivity index (χ1n) is 8.00. The fourth-order valence-corrected chi connectivity index (χ4v) is 2.71. The van der Waals surface area contributed by atoms with Gasteiger partial charge in [-0.3, -0.25) is 14.4 Å². The van der Waals surface area contributed by atoms with Crippen LogP contribution in [-0.2, 0) is 23.9 Å². The highest BCUT2D eigenvalue weighted by atomic mass is 16.5. The van der Waals surface area contributed by atoms with Gasteiger partial charge in [-0.15, -0.1) is 0 Å². The topological polar surface area (TPSA) is 89.9 Å². The number of hydrogen-bond donors (Lipinski definition) is 1. The average Bonchev–Trinajstić information content (AvgIpc) is 3.09. The van der Waals surface area contributed by atoms with Gasteiger partial charge in [0.1, 0.15) is 5.78 Å². The third kappa shape index (κ3) is 6.13. The van der Waals surface area contributed by atoms with Crippen LogP contribution in [0.15, 0.2) is 0 Å². The van der Waals surface area contributed by atoms with Crippen molar-refractivity contribution in [2.24, 2.45) is 11.8 Å². The van der Waals surface area contributed by atoms with E-state index in [0.717, 1.165) is 12.8 Å². The van der Waals surface area contributed by atoms with E-state index in [-0.39, 0.29) is 35.7 Å². The Bertz CT molecular complexity index is 392. The van der Waals surface area contributed by atoms with Crippen LogP contribution in [0.4, 0.5) is 0 Å². The van der Waals surface area contributed by atoms with E-state index in [9.17, 15) is 14.4 Å². The lowest BCUT2D eigenvalue weighted by molar-refractivity contribution is -0.148. The standard InChI is InChI=1S/C8H14O3.C8H12O3/c2*1-2-11-8(10)6-3-4-7(9)5-6/h6-7,9H,2-5H2,1H3;6H,2-5H2,1H3. The van der Waals surface area contributed by atoms with Crippen molar-refractivity contribution in [3.63, 3.8) is 0 Å². The van der Waals surface area contributed by atoms with Gasteiger partial charge in [0.25, 0.3) is 0 Å². The van der Waals surface area contributed by atoms with E-state index in [0.29, 0.717) is 38.9 Å². The minimum Gasteiger partial charge on any atom is -0.466 e. The summed E-state index contributed by atoms with van der Waals surface area (Å²) in [5, 5.41) is 9.11. The lowest BCUT2D eigenvalue weighted by Crippen LogP contribution is -2.15. The normalized spacial score (nSPS) is 27.0. The lowest BCUT2D eigenvalue weighted by Gasteiger charge is -2.06. The molecule has 0 spiro atoms. The molecule has 2 aliphatic rings. The Labute approximate surface area is 131 Å². The highest BCUT2D eigenvalue weighted by Gasteiger charge is 2.29. The molecule has 0 aromatic rings. The summed E-state index contributed by atoms with van der Waals surface area (Å²) in [7, 11) is 0. The van der Waals surface area contributed by atoms with Crippen molar-refractivity contribution in [2.75, 3.05) is 13.2 Å². The maximum atomic E-state index is 11.1. The van der Waals surface area contributed by atoms with Crippen LogP contribution < -0.4 is 0 Å². The van der Waals surface area contributed by atoms with E-state index < -0.39 is 0 Å². The summed E-state index contributed by atoms with van der Waals surface area (Å²) >= 11 is 0. The maximum absolute atomic E-state index is 11.1. The fraction of sp³-hybridized carbons (Fsp3) is 0.812. The van der Waals surface area contributed by atoms with E-state index in [1.807, 2.05) is 0 Å². The van der Waals surface area contributed by atoms with Gasteiger partial charge in [-0.05, 0) is 39.5 Å². The van der Waals surface area contributed by atoms with Crippen LogP contribution in [0, 0.1) is 11.8 Å². The van der Waals surface area contributed by atoms with Crippen molar-refractivity contribution in [1.29, 1.82) is 0 Å². The SMILES string of the molecule is CCOC(=O)C1CCC(=O)C1.CCOC(=O)C1CCC(O)C1. The number of esters is 2. The summed E-state index contributed by atoms with van der Waals surface area (Å²) in [4.78, 5) is 32.8. The molecule has 0 radical (unpaired) electrons. The van der Waals surface area contributed by atoms with Gasteiger partial charge in [-0.1, -0.05) is 0 Å². The van der Waals surface area contributed by atoms with E-state index in [1.165, 1.54) is 0 Å². The summed E-state index contributed by atoms with van der Waals surface area (Å²) < 4.78 is 9.61. The number of Topliss-reactive ketones (excluding diaryl/α,β-unsaturated/α-hetero) is 1. The minimum atomic E-state index is -0.288. The molecule has 3 unspecified atom stereocenters. The van der Waals surface area contributed by atoms with Gasteiger partial charge in [-0.25, -0.2) is 0 Å². The highest BCUT2D eigenvalue weighted by Crippen LogP contribution is 2.26. The monoisotopic (exact) mass is 314 g/mol. The quantitative estimate of drug-likeness (QED) is 0.793. The van der Waals surface area contributed by atoms with Crippen molar-refractivity contribution in [1.82, 2.24) is 0 Å². The zero-order chi connectivity index (χ0) is 16.5. The van der Waals surface area contributed by atoms with Gasteiger partial charge in [0, 0.05) is 12.8 Å². The van der Waals surface area contributed by atoms with E-state index in [1.54, 1.807) is 13.8 Å². The number of ketones is 1. The Morgan fingerprint density at radius 1 is 1.05 bits per heavy atom. The molecule has 0 bridgehead atoms. The van der Waals surface area contributed by atoms with Crippen LogP contribution in [0.3, 0.4) is 0 Å². The molecule has 126 valence electrons. The second-order valence-electron chi connectivity index (χ2n) is 5.65. The fourth-order valence-electron chi connectivity index (χ4n) is 2.71. The first-order valence-corrected chi connectivity index (χ1v) is 8.00. The molecule has 6 heteroatoms. The molecule has 22 heavy (non-hydrogen) atoms. The smallest absolute Gasteiger partial charge is 0.309 e. The van der Waals surface area contributed by atoms with Crippen molar-refractivity contribution < 1.29 is 29.0 Å². The third-order valence-electron chi connectivity index (χ3n) is 3.89. The van der Waals surface area contributed by atoms with Crippen molar-refractivity contribution >= 4 is 17.7 Å². The van der Waals surface area contributed by atoms with Crippen LogP contribution in [0.25, 0.3) is 0 Å². The number of aliphatic hydroxyl groups excluding tert-OH is 1. The Kier molecular flexibility index (Phi) is 8.09. The predicted molar refractivity (Wildman–Crippen MR) is 79.0 cm³/mol. The van der Waals surface area contributed by atoms with Crippen molar-refractivity contribution in [3.05, 3.63) is 0 Å². The Morgan fingerprint density at radius 2 is 1.64 bits per heavy atom. The number of aliphatic hydroxyl groups is 1. The molecule has 3 atom stereocenters. The van der Waals surface area contributed by atoms with Gasteiger partial charge in [0.15, 0.2) is 0 Å². The molecule has 0 amide bonds. The number of ether oxygens (including phenoxy) is 2. The first-order chi connectivity index (χ1) is 10.5. The van der Waals surface area contributed by atoms with Gasteiger partial charge in [0.05, 0.1) is 31.2 Å². The van der Waals surface area contributed by atoms with E-state index >= 15 is 0 Å². The van der Waals surface area contributed by atoms with Gasteiger partial charge < -0.3 is 14.6 Å². The molecular formula is C16H26O6. The van der Waals surface area contributed by atoms with Gasteiger partial charge >= 0.3 is 11.9 Å². The molecule has 0 heterocycles. The van der Waals surface area contributed by atoms with Crippen LogP contribution in [0.1, 0.15) is 52.4 Å². The molecule has 2 aliphatic carbocycles. The molecule has 0 aromatic carbocycles. The molecule has 2 rings (SSSR count). The van der Waals surface area contributed by atoms with Crippen LogP contribution in [-0.4, -0.2) is 42.1 Å². The Hall–Kier alpha value is -1.43. The lowest BCUT2D eigenvalue weighted by atomic mass is 10.1. The second kappa shape index (κ2) is 9.56. The van der Waals surface area contributed by atoms with Crippen LogP contribution in [0.5, 0.6) is 0 Å². The first kappa shape index (κ1) is 18.6. The molecule has 2 saturated carbocycles. The number of rotatable bonds is 4. The highest BCUT2D eigenvalue weighted by molar-refractivity contribution is 5.87. The summed E-state index contributed by atoms with van der Waals surface area (Å²) in [5.41, 5.74) is 0. The second-order valence-corrected chi connectivity index (χ2v) is 5.65. The molecular weight excluding hydrogens is 288 g/mol. The largest absolute Gasteiger partial charge is 0.466 e. The zero-order valence-electron chi connectivity index (χ0n) is 13.4. The van der Waals surface area contributed by atoms with Gasteiger partial charge in [0.2, 0.25) is 0 Å². The van der Waals surface area contributed by atoms with Crippen molar-refractivity contribution in [3.8, 4) is 0 Å². The Balaban J connectivity index is 0.000000220. The Morgan fingerprint density at radius 3 is 2.05 bits per heavy atom. The minimum absolute atomic E-state index is 0.0510. The third-order valence-corrected chi connectivity index (χ3v) is 3.89. The van der Waals surface area contributed by atoms with Crippen molar-refractivity contribution in [2.45, 2.75) is 58.5 Å². The summed E-state index contributed by atoms with van der Waals surface area (Å²) in [6, 6.07) is 0. The average molecular weight is 314 g/mol. The van der Waals surface area contributed by atoms with Gasteiger partial charge in [-0.2, -0.15) is 0 Å². The summed E-state index contributed by atoms with van der Waals surface area (Å²) in [6.45, 7) is 4.41. The van der Waals surface area contributed by atoms with E-state index in [4.69, 9.17) is 14.6 Å². The molecule has 6 nitrogen and oxygen atoms in total. The maximum Gasteiger partial charge on any atom is 0.309 e.